The number of hydrogen-bond donors (Lipinski definition) is 0. The molecule has 0 spiro atoms. The van der Waals surface area contributed by atoms with Gasteiger partial charge in [-0.3, -0.25) is 0 Å². The maximum absolute atomic E-state index is 12.0. The lowest BCUT2D eigenvalue weighted by Crippen LogP contribution is -1.77. The lowest BCUT2D eigenvalue weighted by Gasteiger charge is -1.79. The SMILES string of the molecule is FC1CC1[C]1CC1. The molecule has 2 fully saturated rings. The highest BCUT2D eigenvalue weighted by molar-refractivity contribution is 5.18. The Morgan fingerprint density at radius 2 is 2.00 bits per heavy atom. The molecule has 0 saturated heterocycles. The number of hydrogen-bond acceptors (Lipinski definition) is 0. The van der Waals surface area contributed by atoms with Crippen molar-refractivity contribution in [2.24, 2.45) is 5.92 Å². The van der Waals surface area contributed by atoms with Gasteiger partial charge in [-0.05, 0) is 31.1 Å². The second-order valence-corrected chi connectivity index (χ2v) is 2.52. The Hall–Kier alpha value is -0.0700. The maximum atomic E-state index is 12.0. The van der Waals surface area contributed by atoms with Gasteiger partial charge in [0, 0.05) is 0 Å². The first-order chi connectivity index (χ1) is 3.38. The van der Waals surface area contributed by atoms with Crippen molar-refractivity contribution in [1.29, 1.82) is 0 Å². The number of rotatable bonds is 1. The van der Waals surface area contributed by atoms with E-state index in [2.05, 4.69) is 0 Å². The molecule has 0 aliphatic heterocycles. The Morgan fingerprint density at radius 3 is 2.14 bits per heavy atom. The van der Waals surface area contributed by atoms with Crippen molar-refractivity contribution in [2.45, 2.75) is 25.4 Å². The lowest BCUT2D eigenvalue weighted by atomic mass is 10.3. The van der Waals surface area contributed by atoms with Crippen LogP contribution in [0.1, 0.15) is 19.3 Å². The van der Waals surface area contributed by atoms with E-state index in [0.29, 0.717) is 5.92 Å². The molecule has 2 aliphatic rings. The summed E-state index contributed by atoms with van der Waals surface area (Å²) < 4.78 is 12.0. The van der Waals surface area contributed by atoms with Crippen LogP contribution in [0, 0.1) is 11.8 Å². The van der Waals surface area contributed by atoms with Crippen molar-refractivity contribution in [1.82, 2.24) is 0 Å². The molecule has 39 valence electrons. The van der Waals surface area contributed by atoms with Crippen molar-refractivity contribution in [3.63, 3.8) is 0 Å². The molecule has 2 unspecified atom stereocenters. The summed E-state index contributed by atoms with van der Waals surface area (Å²) in [7, 11) is 0. The van der Waals surface area contributed by atoms with Gasteiger partial charge in [-0.15, -0.1) is 0 Å². The van der Waals surface area contributed by atoms with E-state index < -0.39 is 6.17 Å². The molecule has 0 amide bonds. The maximum Gasteiger partial charge on any atom is 0.104 e. The van der Waals surface area contributed by atoms with Gasteiger partial charge >= 0.3 is 0 Å². The molecule has 7 heavy (non-hydrogen) atoms. The molecule has 0 bridgehead atoms. The van der Waals surface area contributed by atoms with E-state index in [9.17, 15) is 4.39 Å². The molecule has 0 nitrogen and oxygen atoms in total. The monoisotopic (exact) mass is 99.1 g/mol. The van der Waals surface area contributed by atoms with E-state index in [1.165, 1.54) is 18.8 Å². The van der Waals surface area contributed by atoms with Gasteiger partial charge in [-0.25, -0.2) is 4.39 Å². The summed E-state index contributed by atoms with van der Waals surface area (Å²) in [6.07, 6.45) is 2.86. The Morgan fingerprint density at radius 1 is 1.43 bits per heavy atom. The Labute approximate surface area is 42.7 Å². The first kappa shape index (κ1) is 3.88. The Bertz CT molecular complexity index is 86.2. The summed E-state index contributed by atoms with van der Waals surface area (Å²) in [4.78, 5) is 0. The van der Waals surface area contributed by atoms with Crippen molar-refractivity contribution in [3.8, 4) is 0 Å². The fourth-order valence-corrected chi connectivity index (χ4v) is 1.03. The zero-order valence-electron chi connectivity index (χ0n) is 4.15. The average Bonchev–Trinajstić information content (AvgIpc) is 2.23. The zero-order chi connectivity index (χ0) is 4.85. The van der Waals surface area contributed by atoms with Crippen molar-refractivity contribution in [2.75, 3.05) is 0 Å². The van der Waals surface area contributed by atoms with Crippen molar-refractivity contribution < 1.29 is 4.39 Å². The van der Waals surface area contributed by atoms with Gasteiger partial charge in [0.15, 0.2) is 0 Å². The highest BCUT2D eigenvalue weighted by Crippen LogP contribution is 2.53. The van der Waals surface area contributed by atoms with Crippen LogP contribution in [0.3, 0.4) is 0 Å². The third-order valence-corrected chi connectivity index (χ3v) is 1.78. The predicted molar refractivity (Wildman–Crippen MR) is 25.5 cm³/mol. The second-order valence-electron chi connectivity index (χ2n) is 2.52. The van der Waals surface area contributed by atoms with E-state index >= 15 is 0 Å². The van der Waals surface area contributed by atoms with Gasteiger partial charge in [0.1, 0.15) is 6.17 Å². The molecular weight excluding hydrogens is 91.1 g/mol. The minimum atomic E-state index is -0.433. The van der Waals surface area contributed by atoms with Gasteiger partial charge in [-0.2, -0.15) is 0 Å². The number of alkyl halides is 1. The van der Waals surface area contributed by atoms with E-state index in [-0.39, 0.29) is 0 Å². The molecule has 0 aromatic carbocycles. The molecule has 2 saturated carbocycles. The molecule has 1 radical (unpaired) electrons. The van der Waals surface area contributed by atoms with Gasteiger partial charge in [0.05, 0.1) is 0 Å². The minimum Gasteiger partial charge on any atom is -0.247 e. The standard InChI is InChI=1S/C6H8F/c7-6-3-5(6)4-1-2-4/h5-6H,1-3H2. The molecule has 2 rings (SSSR count). The first-order valence-corrected chi connectivity index (χ1v) is 2.86. The van der Waals surface area contributed by atoms with E-state index in [0.717, 1.165) is 6.42 Å². The first-order valence-electron chi connectivity index (χ1n) is 2.86. The zero-order valence-corrected chi connectivity index (χ0v) is 4.15. The summed E-state index contributed by atoms with van der Waals surface area (Å²) >= 11 is 0. The normalized spacial score (nSPS) is 49.3. The third-order valence-electron chi connectivity index (χ3n) is 1.78. The van der Waals surface area contributed by atoms with Crippen LogP contribution in [-0.4, -0.2) is 6.17 Å². The summed E-state index contributed by atoms with van der Waals surface area (Å²) in [6.45, 7) is 0. The van der Waals surface area contributed by atoms with Gasteiger partial charge in [0.25, 0.3) is 0 Å². The van der Waals surface area contributed by atoms with Gasteiger partial charge < -0.3 is 0 Å². The quantitative estimate of drug-likeness (QED) is 0.469. The molecule has 1 heteroatoms. The summed E-state index contributed by atoms with van der Waals surface area (Å²) in [5, 5.41) is 0. The fraction of sp³-hybridized carbons (Fsp3) is 0.833. The van der Waals surface area contributed by atoms with Crippen LogP contribution in [0.15, 0.2) is 0 Å². The second kappa shape index (κ2) is 1.01. The predicted octanol–water partition coefficient (Wildman–Crippen LogP) is 1.71. The third kappa shape index (κ3) is 0.548. The van der Waals surface area contributed by atoms with Crippen LogP contribution in [0.2, 0.25) is 0 Å². The minimum absolute atomic E-state index is 0.431. The fourth-order valence-electron chi connectivity index (χ4n) is 1.03. The Balaban J connectivity index is 1.88. The van der Waals surface area contributed by atoms with Crippen molar-refractivity contribution in [3.05, 3.63) is 5.92 Å². The smallest absolute Gasteiger partial charge is 0.104 e. The Kier molecular flexibility index (Phi) is 0.561. The highest BCUT2D eigenvalue weighted by Gasteiger charge is 2.48. The van der Waals surface area contributed by atoms with Gasteiger partial charge in [0.2, 0.25) is 0 Å². The molecule has 0 N–H and O–H groups in total. The van der Waals surface area contributed by atoms with E-state index in [1.54, 1.807) is 0 Å². The highest BCUT2D eigenvalue weighted by atomic mass is 19.1. The lowest BCUT2D eigenvalue weighted by molar-refractivity contribution is 0.456. The van der Waals surface area contributed by atoms with Crippen LogP contribution in [-0.2, 0) is 0 Å². The molecule has 0 aromatic rings. The van der Waals surface area contributed by atoms with Crippen LogP contribution >= 0.6 is 0 Å². The topological polar surface area (TPSA) is 0 Å². The van der Waals surface area contributed by atoms with E-state index in [4.69, 9.17) is 0 Å². The van der Waals surface area contributed by atoms with Crippen molar-refractivity contribution >= 4 is 0 Å². The summed E-state index contributed by atoms with van der Waals surface area (Å²) in [6, 6.07) is 0. The summed E-state index contributed by atoms with van der Waals surface area (Å²) in [5.41, 5.74) is 0. The van der Waals surface area contributed by atoms with Gasteiger partial charge in [-0.1, -0.05) is 0 Å². The molecule has 2 aliphatic carbocycles. The molecule has 0 aromatic heterocycles. The summed E-state index contributed by atoms with van der Waals surface area (Å²) in [5.74, 6) is 1.92. The molecule has 0 heterocycles. The van der Waals surface area contributed by atoms with Crippen LogP contribution in [0.4, 0.5) is 4.39 Å². The van der Waals surface area contributed by atoms with Crippen LogP contribution in [0.25, 0.3) is 0 Å². The van der Waals surface area contributed by atoms with Crippen LogP contribution < -0.4 is 0 Å². The largest absolute Gasteiger partial charge is 0.247 e. The molecular formula is C6H8F. The van der Waals surface area contributed by atoms with E-state index in [1.807, 2.05) is 0 Å². The number of halogens is 1. The molecule has 2 atom stereocenters. The average molecular weight is 99.1 g/mol. The van der Waals surface area contributed by atoms with Crippen LogP contribution in [0.5, 0.6) is 0 Å².